The SMILES string of the molecule is FC(F)(F)C1(c2ccc(CNNc3ccccc3)cc2)CC1. The Labute approximate surface area is 127 Å². The van der Waals surface area contributed by atoms with Crippen LogP contribution in [0.1, 0.15) is 24.0 Å². The summed E-state index contributed by atoms with van der Waals surface area (Å²) in [4.78, 5) is 0. The first kappa shape index (κ1) is 14.9. The van der Waals surface area contributed by atoms with Gasteiger partial charge in [0.05, 0.1) is 5.41 Å². The van der Waals surface area contributed by atoms with E-state index in [9.17, 15) is 13.2 Å². The molecule has 0 spiro atoms. The Bertz CT molecular complexity index is 617. The number of benzene rings is 2. The molecule has 0 heterocycles. The van der Waals surface area contributed by atoms with Gasteiger partial charge in [-0.1, -0.05) is 42.5 Å². The fourth-order valence-electron chi connectivity index (χ4n) is 2.57. The van der Waals surface area contributed by atoms with Crippen molar-refractivity contribution in [3.05, 3.63) is 65.7 Å². The number of alkyl halides is 3. The number of halogens is 3. The molecule has 1 saturated carbocycles. The first-order valence-electron chi connectivity index (χ1n) is 7.21. The molecule has 1 aliphatic rings. The van der Waals surface area contributed by atoms with Gasteiger partial charge in [0, 0.05) is 12.2 Å². The molecule has 2 N–H and O–H groups in total. The van der Waals surface area contributed by atoms with Gasteiger partial charge in [0.25, 0.3) is 0 Å². The van der Waals surface area contributed by atoms with Crippen LogP contribution in [0.4, 0.5) is 18.9 Å². The van der Waals surface area contributed by atoms with Crippen LogP contribution < -0.4 is 10.9 Å². The lowest BCUT2D eigenvalue weighted by molar-refractivity contribution is -0.160. The summed E-state index contributed by atoms with van der Waals surface area (Å²) in [5.74, 6) is 0. The minimum Gasteiger partial charge on any atom is -0.321 e. The first-order valence-corrected chi connectivity index (χ1v) is 7.21. The second-order valence-electron chi connectivity index (χ2n) is 5.62. The molecular formula is C17H17F3N2. The van der Waals surface area contributed by atoms with E-state index in [1.807, 2.05) is 30.3 Å². The third kappa shape index (κ3) is 2.95. The van der Waals surface area contributed by atoms with E-state index in [0.29, 0.717) is 12.1 Å². The van der Waals surface area contributed by atoms with Crippen LogP contribution in [0.15, 0.2) is 54.6 Å². The molecule has 1 aliphatic carbocycles. The quantitative estimate of drug-likeness (QED) is 0.800. The van der Waals surface area contributed by atoms with Gasteiger partial charge in [-0.15, -0.1) is 0 Å². The molecule has 2 aromatic carbocycles. The zero-order chi connectivity index (χ0) is 15.6. The van der Waals surface area contributed by atoms with Crippen molar-refractivity contribution < 1.29 is 13.2 Å². The molecule has 0 aliphatic heterocycles. The molecule has 0 aromatic heterocycles. The van der Waals surface area contributed by atoms with Gasteiger partial charge < -0.3 is 5.43 Å². The normalized spacial score (nSPS) is 16.3. The molecule has 0 radical (unpaired) electrons. The summed E-state index contributed by atoms with van der Waals surface area (Å²) in [5, 5.41) is 0. The van der Waals surface area contributed by atoms with E-state index < -0.39 is 11.6 Å². The van der Waals surface area contributed by atoms with E-state index in [-0.39, 0.29) is 12.8 Å². The third-order valence-electron chi connectivity index (χ3n) is 4.10. The highest BCUT2D eigenvalue weighted by atomic mass is 19.4. The van der Waals surface area contributed by atoms with Gasteiger partial charge in [0.2, 0.25) is 0 Å². The number of rotatable bonds is 5. The van der Waals surface area contributed by atoms with Crippen molar-refractivity contribution in [1.82, 2.24) is 5.43 Å². The Kier molecular flexibility index (Phi) is 3.83. The maximum absolute atomic E-state index is 13.1. The van der Waals surface area contributed by atoms with E-state index >= 15 is 0 Å². The molecule has 0 unspecified atom stereocenters. The van der Waals surface area contributed by atoms with Gasteiger partial charge in [0.1, 0.15) is 0 Å². The highest BCUT2D eigenvalue weighted by Gasteiger charge is 2.64. The predicted molar refractivity (Wildman–Crippen MR) is 80.3 cm³/mol. The summed E-state index contributed by atoms with van der Waals surface area (Å²) in [6.45, 7) is 0.536. The summed E-state index contributed by atoms with van der Waals surface area (Å²) in [6, 6.07) is 16.3. The minimum atomic E-state index is -4.15. The number of anilines is 1. The lowest BCUT2D eigenvalue weighted by Gasteiger charge is -2.19. The van der Waals surface area contributed by atoms with E-state index in [0.717, 1.165) is 11.3 Å². The van der Waals surface area contributed by atoms with Gasteiger partial charge >= 0.3 is 6.18 Å². The van der Waals surface area contributed by atoms with Crippen molar-refractivity contribution in [1.29, 1.82) is 0 Å². The maximum Gasteiger partial charge on any atom is 0.398 e. The average molecular weight is 306 g/mol. The van der Waals surface area contributed by atoms with E-state index in [1.165, 1.54) is 0 Å². The summed E-state index contributed by atoms with van der Waals surface area (Å²) in [6.07, 6.45) is -3.76. The molecule has 0 atom stereocenters. The van der Waals surface area contributed by atoms with Gasteiger partial charge in [-0.2, -0.15) is 13.2 Å². The second-order valence-corrected chi connectivity index (χ2v) is 5.62. The number of para-hydroxylation sites is 1. The molecular weight excluding hydrogens is 289 g/mol. The van der Waals surface area contributed by atoms with Crippen LogP contribution in [0.2, 0.25) is 0 Å². The Hall–Kier alpha value is -2.01. The molecule has 1 fully saturated rings. The summed E-state index contributed by atoms with van der Waals surface area (Å²) in [5.41, 5.74) is 6.75. The van der Waals surface area contributed by atoms with Crippen molar-refractivity contribution >= 4 is 5.69 Å². The molecule has 22 heavy (non-hydrogen) atoms. The molecule has 0 saturated heterocycles. The number of hydrazine groups is 1. The Balaban J connectivity index is 1.59. The lowest BCUT2D eigenvalue weighted by Crippen LogP contribution is -2.28. The van der Waals surface area contributed by atoms with E-state index in [2.05, 4.69) is 10.9 Å². The van der Waals surface area contributed by atoms with Crippen LogP contribution in [-0.4, -0.2) is 6.18 Å². The first-order chi connectivity index (χ1) is 10.5. The fraction of sp³-hybridized carbons (Fsp3) is 0.294. The van der Waals surface area contributed by atoms with Crippen LogP contribution in [0.3, 0.4) is 0 Å². The highest BCUT2D eigenvalue weighted by Crippen LogP contribution is 2.58. The second kappa shape index (κ2) is 5.65. The van der Waals surface area contributed by atoms with Gasteiger partial charge in [-0.25, -0.2) is 5.43 Å². The van der Waals surface area contributed by atoms with Gasteiger partial charge in [-0.3, -0.25) is 0 Å². The molecule has 2 nitrogen and oxygen atoms in total. The maximum atomic E-state index is 13.1. The van der Waals surface area contributed by atoms with E-state index in [4.69, 9.17) is 0 Å². The van der Waals surface area contributed by atoms with Crippen LogP contribution in [0.5, 0.6) is 0 Å². The van der Waals surface area contributed by atoms with Gasteiger partial charge in [-0.05, 0) is 36.1 Å². The molecule has 116 valence electrons. The van der Waals surface area contributed by atoms with Crippen LogP contribution in [0.25, 0.3) is 0 Å². The number of hydrogen-bond donors (Lipinski definition) is 2. The van der Waals surface area contributed by atoms with Crippen LogP contribution in [-0.2, 0) is 12.0 Å². The molecule has 3 rings (SSSR count). The largest absolute Gasteiger partial charge is 0.398 e. The smallest absolute Gasteiger partial charge is 0.321 e. The predicted octanol–water partition coefficient (Wildman–Crippen LogP) is 4.40. The van der Waals surface area contributed by atoms with E-state index in [1.54, 1.807) is 24.3 Å². The molecule has 0 bridgehead atoms. The highest BCUT2D eigenvalue weighted by molar-refractivity contribution is 5.41. The standard InChI is InChI=1S/C17H17F3N2/c18-17(19,20)16(10-11-16)14-8-6-13(7-9-14)12-21-22-15-4-2-1-3-5-15/h1-9,21-22H,10-12H2. The number of nitrogens with one attached hydrogen (secondary N) is 2. The van der Waals surface area contributed by atoms with Crippen molar-refractivity contribution in [2.75, 3.05) is 5.43 Å². The van der Waals surface area contributed by atoms with Crippen molar-refractivity contribution in [2.24, 2.45) is 0 Å². The molecule has 2 aromatic rings. The Morgan fingerprint density at radius 3 is 2.09 bits per heavy atom. The molecule has 0 amide bonds. The zero-order valence-corrected chi connectivity index (χ0v) is 12.0. The number of hydrogen-bond acceptors (Lipinski definition) is 2. The van der Waals surface area contributed by atoms with Crippen LogP contribution in [0, 0.1) is 0 Å². The van der Waals surface area contributed by atoms with Crippen molar-refractivity contribution in [2.45, 2.75) is 31.0 Å². The topological polar surface area (TPSA) is 24.1 Å². The fourth-order valence-corrected chi connectivity index (χ4v) is 2.57. The third-order valence-corrected chi connectivity index (χ3v) is 4.10. The van der Waals surface area contributed by atoms with Crippen molar-refractivity contribution in [3.8, 4) is 0 Å². The Morgan fingerprint density at radius 2 is 1.55 bits per heavy atom. The average Bonchev–Trinajstić information content (AvgIpc) is 3.30. The Morgan fingerprint density at radius 1 is 0.909 bits per heavy atom. The summed E-state index contributed by atoms with van der Waals surface area (Å²) >= 11 is 0. The zero-order valence-electron chi connectivity index (χ0n) is 12.0. The van der Waals surface area contributed by atoms with Crippen LogP contribution >= 0.6 is 0 Å². The molecule has 5 heteroatoms. The summed E-state index contributed by atoms with van der Waals surface area (Å²) < 4.78 is 39.2. The monoisotopic (exact) mass is 306 g/mol. The lowest BCUT2D eigenvalue weighted by atomic mass is 9.94. The minimum absolute atomic E-state index is 0.198. The van der Waals surface area contributed by atoms with Gasteiger partial charge in [0.15, 0.2) is 0 Å². The summed E-state index contributed by atoms with van der Waals surface area (Å²) in [7, 11) is 0. The van der Waals surface area contributed by atoms with Crippen molar-refractivity contribution in [3.63, 3.8) is 0 Å².